The van der Waals surface area contributed by atoms with Crippen LogP contribution in [-0.4, -0.2) is 25.3 Å². The SMILES string of the molecule is CC(C)C(CCl)NS(=O)(=O)c1cccc2cnccc12. The molecule has 2 rings (SSSR count). The van der Waals surface area contributed by atoms with Crippen LogP contribution in [0.1, 0.15) is 13.8 Å². The summed E-state index contributed by atoms with van der Waals surface area (Å²) in [4.78, 5) is 4.26. The number of hydrogen-bond acceptors (Lipinski definition) is 3. The van der Waals surface area contributed by atoms with Gasteiger partial charge < -0.3 is 0 Å². The van der Waals surface area contributed by atoms with E-state index in [0.29, 0.717) is 5.39 Å². The van der Waals surface area contributed by atoms with Gasteiger partial charge in [0, 0.05) is 35.1 Å². The Morgan fingerprint density at radius 3 is 2.70 bits per heavy atom. The van der Waals surface area contributed by atoms with Crippen molar-refractivity contribution in [3.63, 3.8) is 0 Å². The molecule has 0 spiro atoms. The van der Waals surface area contributed by atoms with E-state index in [1.165, 1.54) is 0 Å². The number of rotatable bonds is 5. The highest BCUT2D eigenvalue weighted by Gasteiger charge is 2.23. The summed E-state index contributed by atoms with van der Waals surface area (Å²) in [6.45, 7) is 3.87. The van der Waals surface area contributed by atoms with Gasteiger partial charge >= 0.3 is 0 Å². The minimum atomic E-state index is -3.61. The zero-order valence-electron chi connectivity index (χ0n) is 11.4. The number of hydrogen-bond donors (Lipinski definition) is 1. The smallest absolute Gasteiger partial charge is 0.241 e. The molecule has 0 amide bonds. The van der Waals surface area contributed by atoms with Gasteiger partial charge in [-0.05, 0) is 18.1 Å². The summed E-state index contributed by atoms with van der Waals surface area (Å²) in [5.41, 5.74) is 0. The largest absolute Gasteiger partial charge is 0.264 e. The van der Waals surface area contributed by atoms with Gasteiger partial charge in [-0.1, -0.05) is 26.0 Å². The summed E-state index contributed by atoms with van der Waals surface area (Å²) in [5, 5.41) is 1.45. The van der Waals surface area contributed by atoms with Gasteiger partial charge in [-0.2, -0.15) is 0 Å². The first-order valence-electron chi connectivity index (χ1n) is 6.36. The molecule has 0 saturated carbocycles. The molecule has 1 aromatic carbocycles. The Morgan fingerprint density at radius 1 is 1.30 bits per heavy atom. The van der Waals surface area contributed by atoms with Gasteiger partial charge in [0.2, 0.25) is 10.0 Å². The van der Waals surface area contributed by atoms with E-state index in [1.807, 2.05) is 19.9 Å². The molecule has 1 heterocycles. The second kappa shape index (κ2) is 6.08. The number of aromatic nitrogens is 1. The number of benzene rings is 1. The third kappa shape index (κ3) is 3.11. The van der Waals surface area contributed by atoms with Crippen LogP contribution in [0.2, 0.25) is 0 Å². The topological polar surface area (TPSA) is 59.1 Å². The Balaban J connectivity index is 2.47. The summed E-state index contributed by atoms with van der Waals surface area (Å²) in [6, 6.07) is 6.55. The van der Waals surface area contributed by atoms with Gasteiger partial charge in [-0.15, -0.1) is 11.6 Å². The van der Waals surface area contributed by atoms with Gasteiger partial charge in [0.15, 0.2) is 0 Å². The van der Waals surface area contributed by atoms with Gasteiger partial charge in [0.25, 0.3) is 0 Å². The van der Waals surface area contributed by atoms with Crippen LogP contribution < -0.4 is 4.72 Å². The van der Waals surface area contributed by atoms with Crippen molar-refractivity contribution in [3.05, 3.63) is 36.7 Å². The van der Waals surface area contributed by atoms with E-state index in [-0.39, 0.29) is 22.7 Å². The highest BCUT2D eigenvalue weighted by Crippen LogP contribution is 2.22. The van der Waals surface area contributed by atoms with Crippen LogP contribution in [0.15, 0.2) is 41.6 Å². The van der Waals surface area contributed by atoms with E-state index >= 15 is 0 Å². The molecule has 0 aliphatic heterocycles. The highest BCUT2D eigenvalue weighted by atomic mass is 35.5. The van der Waals surface area contributed by atoms with Gasteiger partial charge in [0.1, 0.15) is 0 Å². The summed E-state index contributed by atoms with van der Waals surface area (Å²) < 4.78 is 27.7. The van der Waals surface area contributed by atoms with Gasteiger partial charge in [-0.3, -0.25) is 4.98 Å². The molecule has 1 atom stereocenters. The predicted octanol–water partition coefficient (Wildman–Crippen LogP) is 2.78. The van der Waals surface area contributed by atoms with Crippen LogP contribution in [0.4, 0.5) is 0 Å². The molecule has 0 fully saturated rings. The number of pyridine rings is 1. The first kappa shape index (κ1) is 15.2. The summed E-state index contributed by atoms with van der Waals surface area (Å²) in [6.07, 6.45) is 3.23. The van der Waals surface area contributed by atoms with Crippen molar-refractivity contribution in [1.29, 1.82) is 0 Å². The lowest BCUT2D eigenvalue weighted by atomic mass is 10.1. The Kier molecular flexibility index (Phi) is 4.62. The minimum absolute atomic E-state index is 0.124. The molecule has 0 aliphatic carbocycles. The number of nitrogens with one attached hydrogen (secondary N) is 1. The minimum Gasteiger partial charge on any atom is -0.264 e. The fourth-order valence-corrected chi connectivity index (χ4v) is 4.07. The summed E-state index contributed by atoms with van der Waals surface area (Å²) >= 11 is 5.84. The van der Waals surface area contributed by atoms with Crippen LogP contribution >= 0.6 is 11.6 Å². The Morgan fingerprint density at radius 2 is 2.05 bits per heavy atom. The Bertz CT molecular complexity index is 696. The normalized spacial score (nSPS) is 13.8. The molecule has 1 unspecified atom stereocenters. The van der Waals surface area contributed by atoms with Crippen molar-refractivity contribution >= 4 is 32.4 Å². The van der Waals surface area contributed by atoms with E-state index < -0.39 is 10.0 Å². The average Bonchev–Trinajstić information content (AvgIpc) is 2.43. The third-order valence-electron chi connectivity index (χ3n) is 3.21. The quantitative estimate of drug-likeness (QED) is 0.864. The molecule has 1 aromatic heterocycles. The van der Waals surface area contributed by atoms with Gasteiger partial charge in [0.05, 0.1) is 4.90 Å². The van der Waals surface area contributed by atoms with Crippen molar-refractivity contribution < 1.29 is 8.42 Å². The molecule has 0 radical (unpaired) electrons. The van der Waals surface area contributed by atoms with E-state index in [4.69, 9.17) is 11.6 Å². The molecule has 20 heavy (non-hydrogen) atoms. The maximum atomic E-state index is 12.5. The maximum absolute atomic E-state index is 12.5. The van der Waals surface area contributed by atoms with Crippen LogP contribution in [-0.2, 0) is 10.0 Å². The molecular formula is C14H17ClN2O2S. The molecule has 6 heteroatoms. The van der Waals surface area contributed by atoms with Crippen molar-refractivity contribution in [1.82, 2.24) is 9.71 Å². The molecule has 108 valence electrons. The second-order valence-electron chi connectivity index (χ2n) is 4.98. The second-order valence-corrected chi connectivity index (χ2v) is 6.97. The van der Waals surface area contributed by atoms with Crippen LogP contribution in [0.25, 0.3) is 10.8 Å². The molecule has 0 saturated heterocycles. The number of sulfonamides is 1. The van der Waals surface area contributed by atoms with E-state index in [2.05, 4.69) is 9.71 Å². The van der Waals surface area contributed by atoms with Gasteiger partial charge in [-0.25, -0.2) is 13.1 Å². The first-order valence-corrected chi connectivity index (χ1v) is 8.38. The molecule has 1 N–H and O–H groups in total. The van der Waals surface area contributed by atoms with Crippen LogP contribution in [0.5, 0.6) is 0 Å². The lowest BCUT2D eigenvalue weighted by molar-refractivity contribution is 0.480. The highest BCUT2D eigenvalue weighted by molar-refractivity contribution is 7.89. The fraction of sp³-hybridized carbons (Fsp3) is 0.357. The van der Waals surface area contributed by atoms with Crippen molar-refractivity contribution in [2.45, 2.75) is 24.8 Å². The third-order valence-corrected chi connectivity index (χ3v) is 5.09. The number of alkyl halides is 1. The fourth-order valence-electron chi connectivity index (χ4n) is 1.94. The lowest BCUT2D eigenvalue weighted by Crippen LogP contribution is -2.39. The molecular weight excluding hydrogens is 296 g/mol. The Labute approximate surface area is 124 Å². The lowest BCUT2D eigenvalue weighted by Gasteiger charge is -2.20. The van der Waals surface area contributed by atoms with Crippen molar-refractivity contribution in [3.8, 4) is 0 Å². The van der Waals surface area contributed by atoms with E-state index in [9.17, 15) is 8.42 Å². The summed E-state index contributed by atoms with van der Waals surface area (Å²) in [7, 11) is -3.61. The molecule has 0 aliphatic rings. The standard InChI is InChI=1S/C14H17ClN2O2S/c1-10(2)13(8-15)17-20(18,19)14-5-3-4-11-9-16-7-6-12(11)14/h3-7,9-10,13,17H,8H2,1-2H3. The number of halogens is 1. The number of nitrogens with zero attached hydrogens (tertiary/aromatic N) is 1. The monoisotopic (exact) mass is 312 g/mol. The average molecular weight is 313 g/mol. The van der Waals surface area contributed by atoms with Crippen LogP contribution in [0, 0.1) is 5.92 Å². The predicted molar refractivity (Wildman–Crippen MR) is 81.4 cm³/mol. The molecule has 4 nitrogen and oxygen atoms in total. The van der Waals surface area contributed by atoms with Crippen molar-refractivity contribution in [2.24, 2.45) is 5.92 Å². The van der Waals surface area contributed by atoms with Crippen LogP contribution in [0.3, 0.4) is 0 Å². The van der Waals surface area contributed by atoms with Crippen molar-refractivity contribution in [2.75, 3.05) is 5.88 Å². The zero-order valence-corrected chi connectivity index (χ0v) is 12.9. The molecule has 2 aromatic rings. The summed E-state index contributed by atoms with van der Waals surface area (Å²) in [5.74, 6) is 0.363. The zero-order chi connectivity index (χ0) is 14.8. The first-order chi connectivity index (χ1) is 9.45. The van der Waals surface area contributed by atoms with E-state index in [0.717, 1.165) is 5.39 Å². The molecule has 0 bridgehead atoms. The van der Waals surface area contributed by atoms with E-state index in [1.54, 1.807) is 30.6 Å². The Hall–Kier alpha value is -1.17. The maximum Gasteiger partial charge on any atom is 0.241 e. The number of fused-ring (bicyclic) bond motifs is 1.